The third-order valence-corrected chi connectivity index (χ3v) is 5.75. The van der Waals surface area contributed by atoms with Crippen molar-refractivity contribution in [3.8, 4) is 5.75 Å². The van der Waals surface area contributed by atoms with Gasteiger partial charge in [0.25, 0.3) is 5.56 Å². The molecule has 1 aliphatic heterocycles. The second-order valence-corrected chi connectivity index (χ2v) is 7.78. The number of methoxy groups -OCH3 is 2. The molecule has 0 spiro atoms. The Hall–Kier alpha value is -2.74. The number of aromatic amines is 1. The summed E-state index contributed by atoms with van der Waals surface area (Å²) in [5.74, 6) is 0.875. The normalized spacial score (nSPS) is 15.5. The molecule has 0 amide bonds. The van der Waals surface area contributed by atoms with Crippen LogP contribution < -0.4 is 15.6 Å². The van der Waals surface area contributed by atoms with Gasteiger partial charge >= 0.3 is 5.97 Å². The van der Waals surface area contributed by atoms with Crippen molar-refractivity contribution >= 4 is 23.5 Å². The molecule has 0 saturated carbocycles. The van der Waals surface area contributed by atoms with E-state index in [0.717, 1.165) is 24.2 Å². The van der Waals surface area contributed by atoms with Gasteiger partial charge in [0.2, 0.25) is 0 Å². The lowest BCUT2D eigenvalue weighted by Crippen LogP contribution is -2.31. The van der Waals surface area contributed by atoms with Gasteiger partial charge in [0.1, 0.15) is 11.6 Å². The Morgan fingerprint density at radius 2 is 2.10 bits per heavy atom. The molecule has 0 unspecified atom stereocenters. The lowest BCUT2D eigenvalue weighted by atomic mass is 9.82. The van der Waals surface area contributed by atoms with Crippen LogP contribution in [0.4, 0.5) is 5.82 Å². The minimum absolute atomic E-state index is 0.275. The first kappa shape index (κ1) is 21.0. The van der Waals surface area contributed by atoms with Crippen molar-refractivity contribution in [2.24, 2.45) is 0 Å². The number of benzene rings is 1. The van der Waals surface area contributed by atoms with Crippen molar-refractivity contribution in [1.82, 2.24) is 9.97 Å². The first-order valence-electron chi connectivity index (χ1n) is 9.47. The number of carbonyl (C=O) groups excluding carboxylic acids is 1. The highest BCUT2D eigenvalue weighted by molar-refractivity contribution is 7.99. The van der Waals surface area contributed by atoms with Crippen LogP contribution in [-0.2, 0) is 9.53 Å². The number of nitrogens with one attached hydrogen (secondary N) is 2. The molecule has 2 N–H and O–H groups in total. The quantitative estimate of drug-likeness (QED) is 0.308. The van der Waals surface area contributed by atoms with Crippen LogP contribution in [0.5, 0.6) is 5.75 Å². The number of nitrogens with zero attached hydrogens (tertiary/aromatic N) is 1. The molecule has 1 aliphatic rings. The molecule has 154 valence electrons. The van der Waals surface area contributed by atoms with Crippen molar-refractivity contribution in [3.63, 3.8) is 0 Å². The predicted molar refractivity (Wildman–Crippen MR) is 114 cm³/mol. The minimum Gasteiger partial charge on any atom is -0.497 e. The SMILES string of the molecule is CCCCSc1nc2c(c(=O)[nH]1)[C@@H](c1cccc(OC)c1)C(C(=O)OC)=C(C)N2. The third kappa shape index (κ3) is 4.32. The van der Waals surface area contributed by atoms with Crippen molar-refractivity contribution in [1.29, 1.82) is 0 Å². The van der Waals surface area contributed by atoms with Gasteiger partial charge in [-0.25, -0.2) is 9.78 Å². The van der Waals surface area contributed by atoms with E-state index in [9.17, 15) is 9.59 Å². The molecule has 3 rings (SSSR count). The Kier molecular flexibility index (Phi) is 6.64. The van der Waals surface area contributed by atoms with Crippen molar-refractivity contribution < 1.29 is 14.3 Å². The lowest BCUT2D eigenvalue weighted by Gasteiger charge is -2.28. The molecular formula is C21H25N3O4S. The zero-order valence-corrected chi connectivity index (χ0v) is 17.8. The molecule has 0 radical (unpaired) electrons. The summed E-state index contributed by atoms with van der Waals surface area (Å²) in [5, 5.41) is 3.69. The number of unbranched alkanes of at least 4 members (excludes halogenated alkanes) is 1. The van der Waals surface area contributed by atoms with E-state index >= 15 is 0 Å². The zero-order chi connectivity index (χ0) is 21.0. The van der Waals surface area contributed by atoms with Crippen molar-refractivity contribution in [2.75, 3.05) is 25.3 Å². The first-order valence-corrected chi connectivity index (χ1v) is 10.5. The summed E-state index contributed by atoms with van der Waals surface area (Å²) in [4.78, 5) is 33.1. The molecular weight excluding hydrogens is 390 g/mol. The number of rotatable bonds is 7. The van der Waals surface area contributed by atoms with E-state index in [4.69, 9.17) is 9.47 Å². The van der Waals surface area contributed by atoms with Crippen LogP contribution in [0.3, 0.4) is 0 Å². The number of ether oxygens (including phenoxy) is 2. The number of thioether (sulfide) groups is 1. The van der Waals surface area contributed by atoms with Gasteiger partial charge in [-0.2, -0.15) is 0 Å². The second kappa shape index (κ2) is 9.17. The molecule has 7 nitrogen and oxygen atoms in total. The molecule has 8 heteroatoms. The number of fused-ring (bicyclic) bond motifs is 1. The summed E-state index contributed by atoms with van der Waals surface area (Å²) >= 11 is 1.51. The van der Waals surface area contributed by atoms with Gasteiger partial charge in [0.15, 0.2) is 5.16 Å². The molecule has 0 saturated heterocycles. The summed E-state index contributed by atoms with van der Waals surface area (Å²) in [5.41, 5.74) is 1.87. The molecule has 2 heterocycles. The highest BCUT2D eigenvalue weighted by atomic mass is 32.2. The fourth-order valence-electron chi connectivity index (χ4n) is 3.35. The summed E-state index contributed by atoms with van der Waals surface area (Å²) in [6.45, 7) is 3.90. The Labute approximate surface area is 173 Å². The Morgan fingerprint density at radius 1 is 1.31 bits per heavy atom. The summed E-state index contributed by atoms with van der Waals surface area (Å²) < 4.78 is 10.3. The maximum absolute atomic E-state index is 13.1. The smallest absolute Gasteiger partial charge is 0.336 e. The van der Waals surface area contributed by atoms with Gasteiger partial charge in [0.05, 0.1) is 31.3 Å². The Balaban J connectivity index is 2.15. The predicted octanol–water partition coefficient (Wildman–Crippen LogP) is 3.68. The maximum atomic E-state index is 13.1. The van der Waals surface area contributed by atoms with Gasteiger partial charge in [-0.15, -0.1) is 0 Å². The maximum Gasteiger partial charge on any atom is 0.336 e. The molecule has 1 aromatic heterocycles. The number of hydrogen-bond acceptors (Lipinski definition) is 7. The highest BCUT2D eigenvalue weighted by Crippen LogP contribution is 2.40. The van der Waals surface area contributed by atoms with Crippen LogP contribution >= 0.6 is 11.8 Å². The summed E-state index contributed by atoms with van der Waals surface area (Å²) in [6.07, 6.45) is 2.11. The summed E-state index contributed by atoms with van der Waals surface area (Å²) in [7, 11) is 2.91. The lowest BCUT2D eigenvalue weighted by molar-refractivity contribution is -0.136. The summed E-state index contributed by atoms with van der Waals surface area (Å²) in [6, 6.07) is 7.33. The van der Waals surface area contributed by atoms with Gasteiger partial charge < -0.3 is 19.8 Å². The van der Waals surface area contributed by atoms with Gasteiger partial charge in [0, 0.05) is 11.4 Å². The standard InChI is InChI=1S/C21H25N3O4S/c1-5-6-10-29-21-23-18-17(19(25)24-21)16(13-8-7-9-14(11-13)27-3)15(12(2)22-18)20(26)28-4/h7-9,11,16H,5-6,10H2,1-4H3,(H2,22,23,24,25)/t16-/m0/s1. The fourth-order valence-corrected chi connectivity index (χ4v) is 4.29. The number of esters is 1. The van der Waals surface area contributed by atoms with Crippen LogP contribution in [-0.4, -0.2) is 35.9 Å². The first-order chi connectivity index (χ1) is 14.0. The molecule has 2 aromatic rings. The number of allylic oxidation sites excluding steroid dienone is 1. The van der Waals surface area contributed by atoms with E-state index in [1.54, 1.807) is 14.0 Å². The van der Waals surface area contributed by atoms with Crippen LogP contribution in [0, 0.1) is 0 Å². The average molecular weight is 416 g/mol. The molecule has 0 fully saturated rings. The second-order valence-electron chi connectivity index (χ2n) is 6.70. The Morgan fingerprint density at radius 3 is 2.79 bits per heavy atom. The number of H-pyrrole nitrogens is 1. The molecule has 0 bridgehead atoms. The van der Waals surface area contributed by atoms with E-state index in [-0.39, 0.29) is 5.56 Å². The van der Waals surface area contributed by atoms with E-state index < -0.39 is 11.9 Å². The highest BCUT2D eigenvalue weighted by Gasteiger charge is 2.36. The van der Waals surface area contributed by atoms with Crippen LogP contribution in [0.15, 0.2) is 45.5 Å². The zero-order valence-electron chi connectivity index (χ0n) is 17.0. The number of hydrogen-bond donors (Lipinski definition) is 2. The van der Waals surface area contributed by atoms with Crippen molar-refractivity contribution in [2.45, 2.75) is 37.8 Å². The van der Waals surface area contributed by atoms with E-state index in [0.29, 0.717) is 33.6 Å². The largest absolute Gasteiger partial charge is 0.497 e. The monoisotopic (exact) mass is 415 g/mol. The minimum atomic E-state index is -0.611. The molecule has 0 aliphatic carbocycles. The van der Waals surface area contributed by atoms with Crippen LogP contribution in [0.2, 0.25) is 0 Å². The van der Waals surface area contributed by atoms with E-state index in [2.05, 4.69) is 22.2 Å². The number of aromatic nitrogens is 2. The van der Waals surface area contributed by atoms with Gasteiger partial charge in [-0.3, -0.25) is 4.79 Å². The van der Waals surface area contributed by atoms with E-state index in [1.807, 2.05) is 24.3 Å². The fraction of sp³-hybridized carbons (Fsp3) is 0.381. The topological polar surface area (TPSA) is 93.3 Å². The van der Waals surface area contributed by atoms with Gasteiger partial charge in [-0.05, 0) is 31.0 Å². The van der Waals surface area contributed by atoms with Gasteiger partial charge in [-0.1, -0.05) is 37.2 Å². The Bertz CT molecular complexity index is 1000. The molecule has 1 atom stereocenters. The van der Waals surface area contributed by atoms with Crippen molar-refractivity contribution in [3.05, 3.63) is 57.0 Å². The van der Waals surface area contributed by atoms with E-state index in [1.165, 1.54) is 18.9 Å². The average Bonchev–Trinajstić information content (AvgIpc) is 2.72. The van der Waals surface area contributed by atoms with Crippen LogP contribution in [0.1, 0.15) is 43.7 Å². The molecule has 1 aromatic carbocycles. The molecule has 29 heavy (non-hydrogen) atoms. The number of carbonyl (C=O) groups is 1. The third-order valence-electron chi connectivity index (χ3n) is 4.79. The number of anilines is 1. The van der Waals surface area contributed by atoms with Crippen LogP contribution in [0.25, 0.3) is 0 Å².